The van der Waals surface area contributed by atoms with Gasteiger partial charge in [-0.25, -0.2) is 4.79 Å². The fourth-order valence-corrected chi connectivity index (χ4v) is 3.54. The topological polar surface area (TPSA) is 63.2 Å². The average molecular weight is 325 g/mol. The molecular weight excluding hydrogens is 302 g/mol. The molecule has 0 spiro atoms. The minimum Gasteiger partial charge on any atom is -0.378 e. The predicted octanol–water partition coefficient (Wildman–Crippen LogP) is 3.62. The molecule has 2 N–H and O–H groups in total. The number of urea groups is 1. The number of nitrogens with one attached hydrogen (secondary N) is 2. The van der Waals surface area contributed by atoms with Crippen molar-refractivity contribution in [2.24, 2.45) is 5.92 Å². The van der Waals surface area contributed by atoms with Gasteiger partial charge >= 0.3 is 6.03 Å². The summed E-state index contributed by atoms with van der Waals surface area (Å²) >= 11 is 0. The van der Waals surface area contributed by atoms with E-state index in [1.54, 1.807) is 6.20 Å². The summed E-state index contributed by atoms with van der Waals surface area (Å²) in [6.45, 7) is 2.76. The molecule has 1 aliphatic carbocycles. The van der Waals surface area contributed by atoms with Crippen LogP contribution in [-0.4, -0.2) is 29.8 Å². The van der Waals surface area contributed by atoms with Crippen LogP contribution in [0.4, 0.5) is 10.5 Å². The number of nitrogens with zero attached hydrogens (tertiary/aromatic N) is 1. The van der Waals surface area contributed by atoms with Crippen LogP contribution in [0.5, 0.6) is 0 Å². The average Bonchev–Trinajstić information content (AvgIpc) is 3.40. The highest BCUT2D eigenvalue weighted by Gasteiger charge is 2.36. The summed E-state index contributed by atoms with van der Waals surface area (Å²) in [5.41, 5.74) is 2.68. The molecule has 0 bridgehead atoms. The van der Waals surface area contributed by atoms with E-state index in [1.165, 1.54) is 12.8 Å². The largest absolute Gasteiger partial charge is 0.378 e. The first-order valence-electron chi connectivity index (χ1n) is 8.73. The van der Waals surface area contributed by atoms with Crippen LogP contribution < -0.4 is 10.6 Å². The number of carbonyl (C=O) groups is 1. The number of anilines is 1. The molecule has 1 aromatic heterocycles. The standard InChI is InChI=1S/C19H23N3O2/c1-12-9-14-3-2-7-20-18(14)16(10-12)22-19(23)21-15-6-8-24-17(11-15)13-4-5-13/h2-3,7,9-10,13,15,17H,4-6,8,11H2,1H3,(H2,21,22,23). The minimum atomic E-state index is -0.158. The summed E-state index contributed by atoms with van der Waals surface area (Å²) in [4.78, 5) is 16.8. The number of aromatic nitrogens is 1. The summed E-state index contributed by atoms with van der Waals surface area (Å²) in [6.07, 6.45) is 6.41. The third kappa shape index (κ3) is 3.36. The molecule has 24 heavy (non-hydrogen) atoms. The number of aryl methyl sites for hydroxylation is 1. The number of hydrogen-bond acceptors (Lipinski definition) is 3. The van der Waals surface area contributed by atoms with Crippen molar-refractivity contribution in [2.45, 2.75) is 44.8 Å². The molecule has 5 nitrogen and oxygen atoms in total. The fraction of sp³-hybridized carbons (Fsp3) is 0.474. The zero-order valence-corrected chi connectivity index (χ0v) is 13.9. The number of ether oxygens (including phenoxy) is 1. The quantitative estimate of drug-likeness (QED) is 0.906. The molecule has 2 amide bonds. The molecule has 0 radical (unpaired) electrons. The van der Waals surface area contributed by atoms with Gasteiger partial charge in [0.05, 0.1) is 17.3 Å². The summed E-state index contributed by atoms with van der Waals surface area (Å²) < 4.78 is 5.82. The molecule has 5 heteroatoms. The molecule has 4 rings (SSSR count). The molecular formula is C19H23N3O2. The number of hydrogen-bond donors (Lipinski definition) is 2. The Bertz CT molecular complexity index is 757. The maximum absolute atomic E-state index is 12.4. The maximum atomic E-state index is 12.4. The Hall–Kier alpha value is -2.14. The normalized spacial score (nSPS) is 23.9. The second kappa shape index (κ2) is 6.40. The number of rotatable bonds is 3. The lowest BCUT2D eigenvalue weighted by Gasteiger charge is -2.30. The second-order valence-electron chi connectivity index (χ2n) is 6.95. The van der Waals surface area contributed by atoms with Crippen molar-refractivity contribution < 1.29 is 9.53 Å². The molecule has 1 saturated carbocycles. The molecule has 2 unspecified atom stereocenters. The zero-order valence-electron chi connectivity index (χ0n) is 13.9. The van der Waals surface area contributed by atoms with E-state index in [1.807, 2.05) is 25.1 Å². The smallest absolute Gasteiger partial charge is 0.319 e. The van der Waals surface area contributed by atoms with E-state index < -0.39 is 0 Å². The van der Waals surface area contributed by atoms with Crippen LogP contribution >= 0.6 is 0 Å². The summed E-state index contributed by atoms with van der Waals surface area (Å²) in [7, 11) is 0. The minimum absolute atomic E-state index is 0.158. The van der Waals surface area contributed by atoms with Gasteiger partial charge in [0, 0.05) is 24.2 Å². The van der Waals surface area contributed by atoms with Gasteiger partial charge in [-0.3, -0.25) is 4.98 Å². The van der Waals surface area contributed by atoms with Crippen molar-refractivity contribution in [1.29, 1.82) is 0 Å². The van der Waals surface area contributed by atoms with Gasteiger partial charge in [-0.05, 0) is 62.3 Å². The van der Waals surface area contributed by atoms with Crippen molar-refractivity contribution in [1.82, 2.24) is 10.3 Å². The summed E-state index contributed by atoms with van der Waals surface area (Å²) in [6, 6.07) is 7.99. The van der Waals surface area contributed by atoms with Crippen LogP contribution in [0.1, 0.15) is 31.2 Å². The van der Waals surface area contributed by atoms with Crippen molar-refractivity contribution in [3.63, 3.8) is 0 Å². The van der Waals surface area contributed by atoms with E-state index in [-0.39, 0.29) is 12.1 Å². The second-order valence-corrected chi connectivity index (χ2v) is 6.95. The monoisotopic (exact) mass is 325 g/mol. The lowest BCUT2D eigenvalue weighted by atomic mass is 10.0. The zero-order chi connectivity index (χ0) is 16.5. The van der Waals surface area contributed by atoms with Crippen LogP contribution in [-0.2, 0) is 4.74 Å². The van der Waals surface area contributed by atoms with Gasteiger partial charge < -0.3 is 15.4 Å². The Morgan fingerprint density at radius 3 is 3.00 bits per heavy atom. The Morgan fingerprint density at radius 1 is 1.29 bits per heavy atom. The van der Waals surface area contributed by atoms with Gasteiger partial charge in [-0.2, -0.15) is 0 Å². The molecule has 1 saturated heterocycles. The van der Waals surface area contributed by atoms with Crippen molar-refractivity contribution in [2.75, 3.05) is 11.9 Å². The lowest BCUT2D eigenvalue weighted by molar-refractivity contribution is -0.00889. The van der Waals surface area contributed by atoms with E-state index in [0.717, 1.165) is 41.6 Å². The molecule has 1 aliphatic heterocycles. The Morgan fingerprint density at radius 2 is 2.17 bits per heavy atom. The predicted molar refractivity (Wildman–Crippen MR) is 94.1 cm³/mol. The van der Waals surface area contributed by atoms with Gasteiger partial charge in [0.2, 0.25) is 0 Å². The third-order valence-electron chi connectivity index (χ3n) is 4.90. The molecule has 1 aromatic carbocycles. The number of pyridine rings is 1. The van der Waals surface area contributed by atoms with Gasteiger partial charge in [-0.15, -0.1) is 0 Å². The van der Waals surface area contributed by atoms with E-state index in [2.05, 4.69) is 21.7 Å². The first-order chi connectivity index (χ1) is 11.7. The SMILES string of the molecule is Cc1cc(NC(=O)NC2CCOC(C3CC3)C2)c2ncccc2c1. The molecule has 126 valence electrons. The van der Waals surface area contributed by atoms with Gasteiger partial charge in [0.15, 0.2) is 0 Å². The van der Waals surface area contributed by atoms with Gasteiger partial charge in [-0.1, -0.05) is 6.07 Å². The number of fused-ring (bicyclic) bond motifs is 1. The molecule has 2 atom stereocenters. The highest BCUT2D eigenvalue weighted by atomic mass is 16.5. The highest BCUT2D eigenvalue weighted by Crippen LogP contribution is 2.38. The van der Waals surface area contributed by atoms with E-state index >= 15 is 0 Å². The van der Waals surface area contributed by atoms with E-state index in [9.17, 15) is 4.79 Å². The van der Waals surface area contributed by atoms with Crippen LogP contribution in [0.15, 0.2) is 30.5 Å². The van der Waals surface area contributed by atoms with Gasteiger partial charge in [0.1, 0.15) is 0 Å². The molecule has 2 aliphatic rings. The van der Waals surface area contributed by atoms with E-state index in [0.29, 0.717) is 12.0 Å². The number of amides is 2. The highest BCUT2D eigenvalue weighted by molar-refractivity contribution is 6.00. The molecule has 2 fully saturated rings. The van der Waals surface area contributed by atoms with Crippen LogP contribution in [0, 0.1) is 12.8 Å². The number of benzene rings is 1. The Kier molecular flexibility index (Phi) is 4.10. The third-order valence-corrected chi connectivity index (χ3v) is 4.90. The first-order valence-corrected chi connectivity index (χ1v) is 8.73. The van der Waals surface area contributed by atoms with Gasteiger partial charge in [0.25, 0.3) is 0 Å². The van der Waals surface area contributed by atoms with E-state index in [4.69, 9.17) is 4.74 Å². The Balaban J connectivity index is 1.44. The van der Waals surface area contributed by atoms with Crippen molar-refractivity contribution in [3.8, 4) is 0 Å². The van der Waals surface area contributed by atoms with Crippen molar-refractivity contribution in [3.05, 3.63) is 36.0 Å². The molecule has 2 heterocycles. The molecule has 2 aromatic rings. The van der Waals surface area contributed by atoms with Crippen molar-refractivity contribution >= 4 is 22.6 Å². The summed E-state index contributed by atoms with van der Waals surface area (Å²) in [5.74, 6) is 0.711. The maximum Gasteiger partial charge on any atom is 0.319 e. The number of carbonyl (C=O) groups excluding carboxylic acids is 1. The van der Waals surface area contributed by atoms with Crippen LogP contribution in [0.25, 0.3) is 10.9 Å². The van der Waals surface area contributed by atoms with Crippen LogP contribution in [0.2, 0.25) is 0 Å². The Labute approximate surface area is 141 Å². The first kappa shape index (κ1) is 15.4. The summed E-state index contributed by atoms with van der Waals surface area (Å²) in [5, 5.41) is 7.12. The fourth-order valence-electron chi connectivity index (χ4n) is 3.54. The lowest BCUT2D eigenvalue weighted by Crippen LogP contribution is -2.44. The van der Waals surface area contributed by atoms with Crippen LogP contribution in [0.3, 0.4) is 0 Å².